The van der Waals surface area contributed by atoms with Crippen LogP contribution in [0.2, 0.25) is 19.6 Å². The van der Waals surface area contributed by atoms with E-state index in [1.54, 1.807) is 24.4 Å². The first-order valence-corrected chi connectivity index (χ1v) is 12.0. The number of anilines is 2. The van der Waals surface area contributed by atoms with Crippen LogP contribution in [-0.2, 0) is 0 Å². The summed E-state index contributed by atoms with van der Waals surface area (Å²) < 4.78 is 13.8. The van der Waals surface area contributed by atoms with Gasteiger partial charge in [0.15, 0.2) is 0 Å². The summed E-state index contributed by atoms with van der Waals surface area (Å²) in [6.45, 7) is 6.49. The molecule has 27 heavy (non-hydrogen) atoms. The van der Waals surface area contributed by atoms with E-state index in [-0.39, 0.29) is 5.82 Å². The molecular formula is C21H21FN4Si. The van der Waals surface area contributed by atoms with Crippen LogP contribution in [0.4, 0.5) is 16.0 Å². The lowest BCUT2D eigenvalue weighted by molar-refractivity contribution is 0.628. The molecule has 6 heteroatoms. The van der Waals surface area contributed by atoms with Crippen LogP contribution >= 0.6 is 0 Å². The Kier molecular flexibility index (Phi) is 4.97. The van der Waals surface area contributed by atoms with Crippen LogP contribution in [0.5, 0.6) is 0 Å². The Labute approximate surface area is 159 Å². The molecule has 0 spiro atoms. The predicted molar refractivity (Wildman–Crippen MR) is 112 cm³/mol. The van der Waals surface area contributed by atoms with Crippen molar-refractivity contribution in [3.8, 4) is 33.8 Å². The maximum atomic E-state index is 13.8. The van der Waals surface area contributed by atoms with Crippen molar-refractivity contribution in [1.82, 2.24) is 9.97 Å². The monoisotopic (exact) mass is 376 g/mol. The van der Waals surface area contributed by atoms with E-state index in [1.807, 2.05) is 12.1 Å². The molecule has 0 radical (unpaired) electrons. The van der Waals surface area contributed by atoms with Crippen LogP contribution in [0.1, 0.15) is 5.56 Å². The van der Waals surface area contributed by atoms with Gasteiger partial charge in [0, 0.05) is 17.3 Å². The van der Waals surface area contributed by atoms with E-state index in [2.05, 4.69) is 41.1 Å². The molecule has 0 aliphatic heterocycles. The lowest BCUT2D eigenvalue weighted by atomic mass is 9.98. The minimum Gasteiger partial charge on any atom is -0.384 e. The molecule has 0 saturated heterocycles. The smallest absolute Gasteiger partial charge is 0.139 e. The van der Waals surface area contributed by atoms with Gasteiger partial charge >= 0.3 is 0 Å². The van der Waals surface area contributed by atoms with E-state index in [0.717, 1.165) is 11.1 Å². The van der Waals surface area contributed by atoms with Crippen molar-refractivity contribution in [3.05, 3.63) is 60.0 Å². The van der Waals surface area contributed by atoms with Crippen LogP contribution in [0.15, 0.2) is 48.7 Å². The van der Waals surface area contributed by atoms with Gasteiger partial charge in [0.1, 0.15) is 25.5 Å². The fourth-order valence-electron chi connectivity index (χ4n) is 2.57. The highest BCUT2D eigenvalue weighted by molar-refractivity contribution is 6.83. The van der Waals surface area contributed by atoms with E-state index in [0.29, 0.717) is 28.5 Å². The van der Waals surface area contributed by atoms with Crippen molar-refractivity contribution < 1.29 is 4.39 Å². The number of pyridine rings is 2. The van der Waals surface area contributed by atoms with Crippen molar-refractivity contribution >= 4 is 19.7 Å². The minimum atomic E-state index is -1.58. The van der Waals surface area contributed by atoms with E-state index in [1.165, 1.54) is 12.1 Å². The van der Waals surface area contributed by atoms with Gasteiger partial charge in [0.2, 0.25) is 0 Å². The molecule has 0 amide bonds. The third-order valence-corrected chi connectivity index (χ3v) is 4.69. The number of nitrogens with two attached hydrogens (primary N) is 2. The van der Waals surface area contributed by atoms with Crippen LogP contribution in [-0.4, -0.2) is 18.0 Å². The summed E-state index contributed by atoms with van der Waals surface area (Å²) in [5, 5.41) is 0. The highest BCUT2D eigenvalue weighted by Crippen LogP contribution is 2.33. The number of benzene rings is 1. The van der Waals surface area contributed by atoms with Crippen molar-refractivity contribution in [3.63, 3.8) is 0 Å². The Morgan fingerprint density at radius 2 is 1.78 bits per heavy atom. The third kappa shape index (κ3) is 4.52. The van der Waals surface area contributed by atoms with Crippen LogP contribution < -0.4 is 11.5 Å². The van der Waals surface area contributed by atoms with Gasteiger partial charge in [-0.2, -0.15) is 0 Å². The molecule has 136 valence electrons. The number of nitrogens with zero attached hydrogens (tertiary/aromatic N) is 2. The summed E-state index contributed by atoms with van der Waals surface area (Å²) in [7, 11) is -1.58. The topological polar surface area (TPSA) is 77.8 Å². The first-order valence-electron chi connectivity index (χ1n) is 8.54. The predicted octanol–water partition coefficient (Wildman–Crippen LogP) is 4.34. The van der Waals surface area contributed by atoms with Gasteiger partial charge in [-0.05, 0) is 35.9 Å². The van der Waals surface area contributed by atoms with Crippen molar-refractivity contribution in [2.75, 3.05) is 11.5 Å². The second-order valence-corrected chi connectivity index (χ2v) is 12.0. The number of hydrogen-bond donors (Lipinski definition) is 2. The first kappa shape index (κ1) is 18.6. The fourth-order valence-corrected chi connectivity index (χ4v) is 3.08. The molecule has 1 aromatic carbocycles. The lowest BCUT2D eigenvalue weighted by Gasteiger charge is -2.13. The summed E-state index contributed by atoms with van der Waals surface area (Å²) in [6.07, 6.45) is 1.63. The number of nitrogen functional groups attached to an aromatic ring is 2. The fraction of sp³-hybridized carbons (Fsp3) is 0.143. The maximum Gasteiger partial charge on any atom is 0.139 e. The number of aromatic nitrogens is 2. The van der Waals surface area contributed by atoms with Gasteiger partial charge in [-0.15, -0.1) is 5.54 Å². The van der Waals surface area contributed by atoms with Crippen molar-refractivity contribution in [2.45, 2.75) is 19.6 Å². The Morgan fingerprint density at radius 3 is 2.44 bits per heavy atom. The molecule has 0 saturated carbocycles. The van der Waals surface area contributed by atoms with E-state index >= 15 is 0 Å². The summed E-state index contributed by atoms with van der Waals surface area (Å²) in [6, 6.07) is 11.8. The largest absolute Gasteiger partial charge is 0.384 e. The van der Waals surface area contributed by atoms with Gasteiger partial charge in [0.25, 0.3) is 0 Å². The molecule has 0 aliphatic rings. The second-order valence-electron chi connectivity index (χ2n) is 7.30. The Morgan fingerprint density at radius 1 is 1.00 bits per heavy atom. The zero-order valence-corrected chi connectivity index (χ0v) is 16.5. The average molecular weight is 377 g/mol. The average Bonchev–Trinajstić information content (AvgIpc) is 2.59. The molecule has 2 aromatic heterocycles. The zero-order chi connectivity index (χ0) is 19.6. The molecule has 3 aromatic rings. The maximum absolute atomic E-state index is 13.8. The van der Waals surface area contributed by atoms with Crippen molar-refractivity contribution in [2.24, 2.45) is 0 Å². The first-order chi connectivity index (χ1) is 12.7. The van der Waals surface area contributed by atoms with Gasteiger partial charge in [-0.25, -0.2) is 14.4 Å². The van der Waals surface area contributed by atoms with Gasteiger partial charge in [-0.1, -0.05) is 37.7 Å². The zero-order valence-electron chi connectivity index (χ0n) is 15.5. The minimum absolute atomic E-state index is 0.325. The molecule has 0 unspecified atom stereocenters. The third-order valence-electron chi connectivity index (χ3n) is 3.81. The number of rotatable bonds is 2. The van der Waals surface area contributed by atoms with E-state index < -0.39 is 8.07 Å². The molecule has 2 heterocycles. The Balaban J connectivity index is 2.26. The van der Waals surface area contributed by atoms with Crippen molar-refractivity contribution in [1.29, 1.82) is 0 Å². The van der Waals surface area contributed by atoms with Gasteiger partial charge in [-0.3, -0.25) is 0 Å². The quantitative estimate of drug-likeness (QED) is 0.515. The lowest BCUT2D eigenvalue weighted by Crippen LogP contribution is -2.16. The number of hydrogen-bond acceptors (Lipinski definition) is 4. The van der Waals surface area contributed by atoms with Gasteiger partial charge in [0.05, 0.1) is 11.3 Å². The number of halogens is 1. The SMILES string of the molecule is C[Si](C)(C)C#Cc1cc(-c2ccnc(N)c2)c(-c2cccc(F)c2)nc1N. The van der Waals surface area contributed by atoms with E-state index in [9.17, 15) is 4.39 Å². The summed E-state index contributed by atoms with van der Waals surface area (Å²) in [5.41, 5.74) is 18.8. The summed E-state index contributed by atoms with van der Waals surface area (Å²) >= 11 is 0. The normalized spacial score (nSPS) is 11.0. The molecule has 0 bridgehead atoms. The molecular weight excluding hydrogens is 355 g/mol. The van der Waals surface area contributed by atoms with E-state index in [4.69, 9.17) is 11.5 Å². The molecule has 3 rings (SSSR count). The highest BCUT2D eigenvalue weighted by Gasteiger charge is 2.15. The molecule has 0 fully saturated rings. The Bertz CT molecular complexity index is 1060. The second kappa shape index (κ2) is 7.21. The molecule has 4 N–H and O–H groups in total. The van der Waals surface area contributed by atoms with Crippen LogP contribution in [0, 0.1) is 17.3 Å². The van der Waals surface area contributed by atoms with Gasteiger partial charge < -0.3 is 11.5 Å². The Hall–Kier alpha value is -3.17. The molecule has 0 atom stereocenters. The summed E-state index contributed by atoms with van der Waals surface area (Å²) in [5.74, 6) is 3.55. The highest BCUT2D eigenvalue weighted by atomic mass is 28.3. The molecule has 4 nitrogen and oxygen atoms in total. The van der Waals surface area contributed by atoms with Crippen LogP contribution in [0.3, 0.4) is 0 Å². The van der Waals surface area contributed by atoms with Crippen LogP contribution in [0.25, 0.3) is 22.4 Å². The summed E-state index contributed by atoms with van der Waals surface area (Å²) in [4.78, 5) is 8.59. The standard InChI is InChI=1S/C21H21FN4Si/c1-27(2,3)10-8-16-12-18(14-7-9-25-19(23)13-14)20(26-21(16)24)15-5-4-6-17(22)11-15/h4-7,9,11-13H,1-3H3,(H2,23,25)(H2,24,26). The molecule has 0 aliphatic carbocycles.